The van der Waals surface area contributed by atoms with Crippen molar-refractivity contribution in [1.82, 2.24) is 9.21 Å². The lowest BCUT2D eigenvalue weighted by atomic mass is 10.2. The van der Waals surface area contributed by atoms with Gasteiger partial charge in [-0.15, -0.1) is 0 Å². The number of piperidine rings is 1. The van der Waals surface area contributed by atoms with Crippen molar-refractivity contribution in [3.8, 4) is 0 Å². The first kappa shape index (κ1) is 22.6. The van der Waals surface area contributed by atoms with E-state index in [-0.39, 0.29) is 21.2 Å². The molecule has 0 N–H and O–H groups in total. The van der Waals surface area contributed by atoms with Crippen LogP contribution in [0, 0.1) is 0 Å². The van der Waals surface area contributed by atoms with Crippen LogP contribution in [0.3, 0.4) is 0 Å². The molecule has 1 saturated heterocycles. The van der Waals surface area contributed by atoms with Crippen LogP contribution in [0.1, 0.15) is 35.4 Å². The molecule has 30 heavy (non-hydrogen) atoms. The quantitative estimate of drug-likeness (QED) is 0.638. The van der Waals surface area contributed by atoms with Gasteiger partial charge in [-0.2, -0.15) is 17.5 Å². The van der Waals surface area contributed by atoms with E-state index in [0.29, 0.717) is 30.8 Å². The molecule has 164 valence electrons. The topological polar surface area (TPSA) is 70.8 Å². The molecule has 0 bridgehead atoms. The average Bonchev–Trinajstić information content (AvgIpc) is 3.20. The molecule has 0 saturated carbocycles. The lowest BCUT2D eigenvalue weighted by Gasteiger charge is -2.27. The molecule has 1 fully saturated rings. The number of alkyl halides is 3. The van der Waals surface area contributed by atoms with E-state index in [1.165, 1.54) is 34.8 Å². The summed E-state index contributed by atoms with van der Waals surface area (Å²) in [5.74, 6) is -0.807. The molecular weight excluding hydrogens is 445 g/mol. The number of halogens is 4. The number of furan rings is 1. The van der Waals surface area contributed by atoms with Gasteiger partial charge in [0.15, 0.2) is 0 Å². The van der Waals surface area contributed by atoms with Gasteiger partial charge in [0, 0.05) is 18.7 Å². The molecule has 0 aliphatic carbocycles. The zero-order chi connectivity index (χ0) is 21.9. The Labute approximate surface area is 177 Å². The van der Waals surface area contributed by atoms with Crippen molar-refractivity contribution in [2.45, 2.75) is 36.9 Å². The molecule has 0 unspecified atom stereocenters. The molecule has 2 heterocycles. The molecule has 1 aromatic carbocycles. The lowest BCUT2D eigenvalue weighted by molar-refractivity contribution is -0.142. The van der Waals surface area contributed by atoms with Crippen LogP contribution < -0.4 is 0 Å². The predicted molar refractivity (Wildman–Crippen MR) is 104 cm³/mol. The molecule has 0 radical (unpaired) electrons. The van der Waals surface area contributed by atoms with Crippen molar-refractivity contribution in [3.05, 3.63) is 52.9 Å². The normalized spacial score (nSPS) is 15.9. The summed E-state index contributed by atoms with van der Waals surface area (Å²) in [6, 6.07) is 6.41. The summed E-state index contributed by atoms with van der Waals surface area (Å²) in [4.78, 5) is 13.1. The van der Waals surface area contributed by atoms with Crippen LogP contribution in [0.25, 0.3) is 0 Å². The molecule has 1 aliphatic rings. The molecule has 11 heteroatoms. The number of carbonyl (C=O) groups excluding carboxylic acids is 1. The monoisotopic (exact) mass is 464 g/mol. The standard InChI is InChI=1S/C19H20ClF3N2O4S/c20-16-7-6-14(11-17(16)30(27,28)25-8-2-1-3-9-25)18(26)24(13-19(21,22)23)12-15-5-4-10-29-15/h4-7,10-11H,1-3,8-9,12-13H2. The Hall–Kier alpha value is -2.04. The largest absolute Gasteiger partial charge is 0.467 e. The Bertz CT molecular complexity index is 988. The van der Waals surface area contributed by atoms with E-state index in [1.54, 1.807) is 0 Å². The minimum Gasteiger partial charge on any atom is -0.467 e. The van der Waals surface area contributed by atoms with Crippen molar-refractivity contribution in [2.24, 2.45) is 0 Å². The highest BCUT2D eigenvalue weighted by atomic mass is 35.5. The van der Waals surface area contributed by atoms with Crippen LogP contribution in [0.5, 0.6) is 0 Å². The number of hydrogen-bond donors (Lipinski definition) is 0. The van der Waals surface area contributed by atoms with Crippen LogP contribution in [0.4, 0.5) is 13.2 Å². The third-order valence-corrected chi connectivity index (χ3v) is 7.08. The van der Waals surface area contributed by atoms with E-state index >= 15 is 0 Å². The number of hydrogen-bond acceptors (Lipinski definition) is 4. The number of rotatable bonds is 6. The summed E-state index contributed by atoms with van der Waals surface area (Å²) in [6.07, 6.45) is -1.03. The number of sulfonamides is 1. The van der Waals surface area contributed by atoms with Gasteiger partial charge in [-0.05, 0) is 43.2 Å². The second-order valence-electron chi connectivity index (χ2n) is 6.97. The van der Waals surface area contributed by atoms with Gasteiger partial charge in [-0.25, -0.2) is 8.42 Å². The summed E-state index contributed by atoms with van der Waals surface area (Å²) >= 11 is 6.08. The zero-order valence-corrected chi connectivity index (χ0v) is 17.4. The predicted octanol–water partition coefficient (Wildman–Crippen LogP) is 4.31. The molecule has 3 rings (SSSR count). The number of carbonyl (C=O) groups is 1. The summed E-state index contributed by atoms with van der Waals surface area (Å²) in [5.41, 5.74) is -0.203. The SMILES string of the molecule is O=C(c1ccc(Cl)c(S(=O)(=O)N2CCCCC2)c1)N(Cc1ccco1)CC(F)(F)F. The number of nitrogens with zero attached hydrogens (tertiary/aromatic N) is 2. The first-order valence-electron chi connectivity index (χ1n) is 9.26. The van der Waals surface area contributed by atoms with Gasteiger partial charge in [-0.3, -0.25) is 4.79 Å². The van der Waals surface area contributed by atoms with Crippen molar-refractivity contribution in [1.29, 1.82) is 0 Å². The molecular formula is C19H20ClF3N2O4S. The minimum absolute atomic E-state index is 0.0921. The van der Waals surface area contributed by atoms with Crippen LogP contribution >= 0.6 is 11.6 Å². The Morgan fingerprint density at radius 2 is 1.87 bits per heavy atom. The number of amides is 1. The molecule has 0 atom stereocenters. The van der Waals surface area contributed by atoms with Crippen LogP contribution in [0.15, 0.2) is 45.9 Å². The lowest BCUT2D eigenvalue weighted by Crippen LogP contribution is -2.39. The maximum atomic E-state index is 13.0. The first-order chi connectivity index (χ1) is 14.1. The summed E-state index contributed by atoms with van der Waals surface area (Å²) in [7, 11) is -3.97. The summed E-state index contributed by atoms with van der Waals surface area (Å²) < 4.78 is 71.4. The highest BCUT2D eigenvalue weighted by Crippen LogP contribution is 2.29. The second-order valence-corrected chi connectivity index (χ2v) is 9.28. The fourth-order valence-corrected chi connectivity index (χ4v) is 5.29. The van der Waals surface area contributed by atoms with E-state index in [1.807, 2.05) is 0 Å². The third kappa shape index (κ3) is 5.35. The van der Waals surface area contributed by atoms with Crippen molar-refractivity contribution in [2.75, 3.05) is 19.6 Å². The third-order valence-electron chi connectivity index (χ3n) is 4.70. The number of benzene rings is 1. The Morgan fingerprint density at radius 1 is 1.17 bits per heavy atom. The van der Waals surface area contributed by atoms with Gasteiger partial charge in [0.1, 0.15) is 17.2 Å². The van der Waals surface area contributed by atoms with E-state index in [4.69, 9.17) is 16.0 Å². The molecule has 2 aromatic rings. The van der Waals surface area contributed by atoms with Gasteiger partial charge in [0.05, 0.1) is 17.8 Å². The highest BCUT2D eigenvalue weighted by molar-refractivity contribution is 7.89. The smallest absolute Gasteiger partial charge is 0.406 e. The van der Waals surface area contributed by atoms with Gasteiger partial charge >= 0.3 is 6.18 Å². The fraction of sp³-hybridized carbons (Fsp3) is 0.421. The first-order valence-corrected chi connectivity index (χ1v) is 11.1. The molecule has 1 aliphatic heterocycles. The average molecular weight is 465 g/mol. The van der Waals surface area contributed by atoms with Gasteiger partial charge in [0.25, 0.3) is 5.91 Å². The zero-order valence-electron chi connectivity index (χ0n) is 15.9. The Balaban J connectivity index is 1.93. The fourth-order valence-electron chi connectivity index (χ4n) is 3.27. The molecule has 6 nitrogen and oxygen atoms in total. The Kier molecular flexibility index (Phi) is 6.78. The van der Waals surface area contributed by atoms with Gasteiger partial charge < -0.3 is 9.32 Å². The van der Waals surface area contributed by atoms with E-state index in [9.17, 15) is 26.4 Å². The van der Waals surface area contributed by atoms with Gasteiger partial charge in [-0.1, -0.05) is 18.0 Å². The maximum Gasteiger partial charge on any atom is 0.406 e. The van der Waals surface area contributed by atoms with Crippen LogP contribution in [-0.4, -0.2) is 49.3 Å². The van der Waals surface area contributed by atoms with Crippen LogP contribution in [-0.2, 0) is 16.6 Å². The van der Waals surface area contributed by atoms with Crippen molar-refractivity contribution < 1.29 is 30.8 Å². The minimum atomic E-state index is -4.64. The van der Waals surface area contributed by atoms with E-state index in [2.05, 4.69) is 0 Å². The molecule has 1 amide bonds. The van der Waals surface area contributed by atoms with Crippen LogP contribution in [0.2, 0.25) is 5.02 Å². The van der Waals surface area contributed by atoms with Gasteiger partial charge in [0.2, 0.25) is 10.0 Å². The highest BCUT2D eigenvalue weighted by Gasteiger charge is 2.35. The van der Waals surface area contributed by atoms with Crippen molar-refractivity contribution in [3.63, 3.8) is 0 Å². The van der Waals surface area contributed by atoms with E-state index < -0.39 is 35.2 Å². The molecule has 1 aromatic heterocycles. The Morgan fingerprint density at radius 3 is 2.47 bits per heavy atom. The van der Waals surface area contributed by atoms with E-state index in [0.717, 1.165) is 12.5 Å². The van der Waals surface area contributed by atoms with Crippen molar-refractivity contribution >= 4 is 27.5 Å². The molecule has 0 spiro atoms. The second kappa shape index (κ2) is 8.99. The maximum absolute atomic E-state index is 13.0. The summed E-state index contributed by atoms with van der Waals surface area (Å²) in [6.45, 7) is -1.27. The summed E-state index contributed by atoms with van der Waals surface area (Å²) in [5, 5.41) is -0.0921.